The summed E-state index contributed by atoms with van der Waals surface area (Å²) < 4.78 is 25.8. The van der Waals surface area contributed by atoms with Crippen LogP contribution in [0.25, 0.3) is 0 Å². The maximum atomic E-state index is 12.3. The van der Waals surface area contributed by atoms with Gasteiger partial charge in [0.1, 0.15) is 16.5 Å². The largest absolute Gasteiger partial charge is 0.308 e. The SMILES string of the molecule is Cc1nc(CN(C)S(=O)(=O)c2ccc(NN)nc2)n[nH]1. The summed E-state index contributed by atoms with van der Waals surface area (Å²) in [5, 5.41) is 6.57. The highest BCUT2D eigenvalue weighted by Crippen LogP contribution is 2.16. The number of sulfonamides is 1. The van der Waals surface area contributed by atoms with Crippen LogP contribution in [0.5, 0.6) is 0 Å². The molecule has 2 aromatic rings. The van der Waals surface area contributed by atoms with E-state index in [-0.39, 0.29) is 11.4 Å². The van der Waals surface area contributed by atoms with E-state index in [1.807, 2.05) is 0 Å². The van der Waals surface area contributed by atoms with Crippen molar-refractivity contribution in [3.63, 3.8) is 0 Å². The standard InChI is InChI=1S/C10H15N7O2S/c1-7-13-10(16-15-7)6-17(2)20(18,19)8-3-4-9(14-11)12-5-8/h3-5H,6,11H2,1-2H3,(H,12,14)(H,13,15,16). The molecule has 20 heavy (non-hydrogen) atoms. The molecular formula is C10H15N7O2S. The second-order valence-corrected chi connectivity index (χ2v) is 6.17. The number of aromatic nitrogens is 4. The zero-order valence-electron chi connectivity index (χ0n) is 11.0. The Hall–Kier alpha value is -2.04. The molecule has 0 fully saturated rings. The van der Waals surface area contributed by atoms with Gasteiger partial charge in [-0.3, -0.25) is 5.10 Å². The van der Waals surface area contributed by atoms with Crippen LogP contribution in [-0.2, 0) is 16.6 Å². The molecule has 2 rings (SSSR count). The average molecular weight is 297 g/mol. The second kappa shape index (κ2) is 5.53. The number of hydrogen-bond acceptors (Lipinski definition) is 7. The van der Waals surface area contributed by atoms with Gasteiger partial charge in [-0.2, -0.15) is 9.40 Å². The average Bonchev–Trinajstić information content (AvgIpc) is 2.84. The van der Waals surface area contributed by atoms with Crippen molar-refractivity contribution in [1.82, 2.24) is 24.5 Å². The molecule has 2 aromatic heterocycles. The number of nitrogens with zero attached hydrogens (tertiary/aromatic N) is 4. The number of hydrazine groups is 1. The Kier molecular flexibility index (Phi) is 3.97. The number of aryl methyl sites for hydroxylation is 1. The van der Waals surface area contributed by atoms with Crippen LogP contribution in [0.1, 0.15) is 11.6 Å². The Bertz CT molecular complexity index is 680. The van der Waals surface area contributed by atoms with E-state index in [1.54, 1.807) is 6.92 Å². The van der Waals surface area contributed by atoms with Crippen LogP contribution < -0.4 is 11.3 Å². The number of aromatic amines is 1. The third-order valence-electron chi connectivity index (χ3n) is 2.60. The molecule has 108 valence electrons. The van der Waals surface area contributed by atoms with Gasteiger partial charge in [-0.25, -0.2) is 24.2 Å². The molecule has 9 nitrogen and oxygen atoms in total. The first-order chi connectivity index (χ1) is 9.43. The van der Waals surface area contributed by atoms with Crippen molar-refractivity contribution >= 4 is 15.8 Å². The zero-order valence-corrected chi connectivity index (χ0v) is 11.8. The lowest BCUT2D eigenvalue weighted by molar-refractivity contribution is 0.457. The molecule has 0 bridgehead atoms. The normalized spacial score (nSPS) is 11.8. The zero-order chi connectivity index (χ0) is 14.8. The molecule has 2 heterocycles. The van der Waals surface area contributed by atoms with Crippen LogP contribution in [0.15, 0.2) is 23.2 Å². The Morgan fingerprint density at radius 2 is 2.20 bits per heavy atom. The van der Waals surface area contributed by atoms with Crippen molar-refractivity contribution in [3.8, 4) is 0 Å². The van der Waals surface area contributed by atoms with E-state index < -0.39 is 10.0 Å². The Labute approximate surface area is 116 Å². The topological polar surface area (TPSA) is 130 Å². The van der Waals surface area contributed by atoms with Crippen LogP contribution in [0, 0.1) is 6.92 Å². The number of nitrogen functional groups attached to an aromatic ring is 1. The first-order valence-corrected chi connectivity index (χ1v) is 7.14. The molecule has 0 amide bonds. The molecule has 0 aromatic carbocycles. The number of hydrogen-bond donors (Lipinski definition) is 3. The molecule has 0 aliphatic heterocycles. The quantitative estimate of drug-likeness (QED) is 0.506. The van der Waals surface area contributed by atoms with Crippen LogP contribution in [0.3, 0.4) is 0 Å². The smallest absolute Gasteiger partial charge is 0.244 e. The molecule has 0 spiro atoms. The van der Waals surface area contributed by atoms with Crippen molar-refractivity contribution in [2.75, 3.05) is 12.5 Å². The summed E-state index contributed by atoms with van der Waals surface area (Å²) in [5.74, 6) is 6.60. The van der Waals surface area contributed by atoms with E-state index in [0.717, 1.165) is 4.31 Å². The van der Waals surface area contributed by atoms with Gasteiger partial charge in [-0.05, 0) is 19.1 Å². The van der Waals surface area contributed by atoms with Gasteiger partial charge >= 0.3 is 0 Å². The molecule has 0 radical (unpaired) electrons. The summed E-state index contributed by atoms with van der Waals surface area (Å²) in [4.78, 5) is 8.02. The number of nitrogens with two attached hydrogens (primary N) is 1. The molecular weight excluding hydrogens is 282 g/mol. The first kappa shape index (κ1) is 14.4. The van der Waals surface area contributed by atoms with Gasteiger partial charge in [-0.1, -0.05) is 0 Å². The minimum absolute atomic E-state index is 0.0730. The molecule has 0 atom stereocenters. The molecule has 0 saturated heterocycles. The Morgan fingerprint density at radius 1 is 1.45 bits per heavy atom. The van der Waals surface area contributed by atoms with E-state index in [4.69, 9.17) is 5.84 Å². The van der Waals surface area contributed by atoms with Gasteiger partial charge in [0.25, 0.3) is 0 Å². The highest BCUT2D eigenvalue weighted by molar-refractivity contribution is 7.89. The molecule has 0 saturated carbocycles. The lowest BCUT2D eigenvalue weighted by atomic mass is 10.5. The first-order valence-electron chi connectivity index (χ1n) is 5.70. The van der Waals surface area contributed by atoms with Crippen LogP contribution >= 0.6 is 0 Å². The minimum Gasteiger partial charge on any atom is -0.308 e. The second-order valence-electron chi connectivity index (χ2n) is 4.12. The minimum atomic E-state index is -3.64. The van der Waals surface area contributed by atoms with E-state index in [1.165, 1.54) is 25.4 Å². The summed E-state index contributed by atoms with van der Waals surface area (Å²) in [5.41, 5.74) is 2.33. The molecule has 0 unspecified atom stereocenters. The summed E-state index contributed by atoms with van der Waals surface area (Å²) in [7, 11) is -2.19. The highest BCUT2D eigenvalue weighted by Gasteiger charge is 2.22. The predicted octanol–water partition coefficient (Wildman–Crippen LogP) is -0.386. The van der Waals surface area contributed by atoms with Gasteiger partial charge in [-0.15, -0.1) is 0 Å². The van der Waals surface area contributed by atoms with Gasteiger partial charge in [0, 0.05) is 13.2 Å². The maximum absolute atomic E-state index is 12.3. The third-order valence-corrected chi connectivity index (χ3v) is 4.39. The third kappa shape index (κ3) is 2.92. The van der Waals surface area contributed by atoms with Crippen LogP contribution in [0.2, 0.25) is 0 Å². The van der Waals surface area contributed by atoms with Gasteiger partial charge < -0.3 is 5.43 Å². The van der Waals surface area contributed by atoms with Crippen molar-refractivity contribution in [2.45, 2.75) is 18.4 Å². The van der Waals surface area contributed by atoms with E-state index in [9.17, 15) is 8.42 Å². The summed E-state index contributed by atoms with van der Waals surface area (Å²) >= 11 is 0. The van der Waals surface area contributed by atoms with Gasteiger partial charge in [0.2, 0.25) is 10.0 Å². The highest BCUT2D eigenvalue weighted by atomic mass is 32.2. The Balaban J connectivity index is 2.19. The fraction of sp³-hybridized carbons (Fsp3) is 0.300. The van der Waals surface area contributed by atoms with Gasteiger partial charge in [0.05, 0.1) is 6.54 Å². The summed E-state index contributed by atoms with van der Waals surface area (Å²) in [6.45, 7) is 1.82. The predicted molar refractivity (Wildman–Crippen MR) is 71.8 cm³/mol. The lowest BCUT2D eigenvalue weighted by Gasteiger charge is -2.15. The fourth-order valence-electron chi connectivity index (χ4n) is 1.54. The molecule has 4 N–H and O–H groups in total. The van der Waals surface area contributed by atoms with Crippen LogP contribution in [-0.4, -0.2) is 39.9 Å². The van der Waals surface area contributed by atoms with Crippen LogP contribution in [0.4, 0.5) is 5.82 Å². The lowest BCUT2D eigenvalue weighted by Crippen LogP contribution is -2.27. The van der Waals surface area contributed by atoms with E-state index >= 15 is 0 Å². The van der Waals surface area contributed by atoms with Crippen molar-refractivity contribution in [2.24, 2.45) is 5.84 Å². The number of nitrogens with one attached hydrogen (secondary N) is 2. The summed E-state index contributed by atoms with van der Waals surface area (Å²) in [6, 6.07) is 2.91. The fourth-order valence-corrected chi connectivity index (χ4v) is 2.61. The van der Waals surface area contributed by atoms with Crippen molar-refractivity contribution in [1.29, 1.82) is 0 Å². The van der Waals surface area contributed by atoms with E-state index in [0.29, 0.717) is 17.5 Å². The summed E-state index contributed by atoms with van der Waals surface area (Å²) in [6.07, 6.45) is 1.24. The number of H-pyrrole nitrogens is 1. The molecule has 0 aliphatic carbocycles. The Morgan fingerprint density at radius 3 is 2.70 bits per heavy atom. The van der Waals surface area contributed by atoms with E-state index in [2.05, 4.69) is 25.6 Å². The molecule has 10 heteroatoms. The number of anilines is 1. The maximum Gasteiger partial charge on any atom is 0.244 e. The van der Waals surface area contributed by atoms with Crippen molar-refractivity contribution in [3.05, 3.63) is 30.0 Å². The monoisotopic (exact) mass is 297 g/mol. The number of pyridine rings is 1. The number of rotatable bonds is 5. The molecule has 0 aliphatic rings. The van der Waals surface area contributed by atoms with Gasteiger partial charge in [0.15, 0.2) is 5.82 Å². The van der Waals surface area contributed by atoms with Crippen molar-refractivity contribution < 1.29 is 8.42 Å².